The summed E-state index contributed by atoms with van der Waals surface area (Å²) < 4.78 is 0. The van der Waals surface area contributed by atoms with Gasteiger partial charge in [-0.2, -0.15) is 0 Å². The van der Waals surface area contributed by atoms with Gasteiger partial charge in [0.2, 0.25) is 0 Å². The average molecular weight is 224 g/mol. The highest BCUT2D eigenvalue weighted by Crippen LogP contribution is 2.38. The Balaban J connectivity index is 1.99. The Labute approximate surface area is 101 Å². The van der Waals surface area contributed by atoms with Gasteiger partial charge in [0.15, 0.2) is 0 Å². The lowest BCUT2D eigenvalue weighted by molar-refractivity contribution is 0.0532. The van der Waals surface area contributed by atoms with Crippen LogP contribution in [0.5, 0.6) is 0 Å². The normalized spacial score (nSPS) is 36.9. The zero-order chi connectivity index (χ0) is 11.6. The molecular weight excluding hydrogens is 196 g/mol. The van der Waals surface area contributed by atoms with E-state index in [1.807, 2.05) is 0 Å². The minimum absolute atomic E-state index is 0.534. The third kappa shape index (κ3) is 2.78. The summed E-state index contributed by atoms with van der Waals surface area (Å²) in [6.45, 7) is 11.0. The summed E-state index contributed by atoms with van der Waals surface area (Å²) in [5, 5.41) is 3.60. The fourth-order valence-corrected chi connectivity index (χ4v) is 3.49. The monoisotopic (exact) mass is 224 g/mol. The molecule has 0 spiro atoms. The number of nitrogens with one attached hydrogen (secondary N) is 1. The first-order valence-corrected chi connectivity index (χ1v) is 7.07. The maximum atomic E-state index is 3.60. The van der Waals surface area contributed by atoms with Crippen LogP contribution in [-0.4, -0.2) is 36.6 Å². The molecule has 0 aromatic rings. The van der Waals surface area contributed by atoms with Crippen LogP contribution in [0.2, 0.25) is 0 Å². The molecule has 0 aromatic heterocycles. The topological polar surface area (TPSA) is 15.3 Å². The molecule has 2 atom stereocenters. The number of nitrogens with zero attached hydrogens (tertiary/aromatic N) is 1. The van der Waals surface area contributed by atoms with Crippen molar-refractivity contribution in [3.05, 3.63) is 0 Å². The molecule has 1 aliphatic heterocycles. The predicted molar refractivity (Wildman–Crippen MR) is 69.7 cm³/mol. The minimum atomic E-state index is 0.534. The van der Waals surface area contributed by atoms with E-state index >= 15 is 0 Å². The van der Waals surface area contributed by atoms with Crippen LogP contribution in [0.4, 0.5) is 0 Å². The van der Waals surface area contributed by atoms with Gasteiger partial charge >= 0.3 is 0 Å². The quantitative estimate of drug-likeness (QED) is 0.736. The van der Waals surface area contributed by atoms with Gasteiger partial charge in [0.05, 0.1) is 0 Å². The van der Waals surface area contributed by atoms with Gasteiger partial charge in [-0.25, -0.2) is 0 Å². The predicted octanol–water partition coefficient (Wildman–Crippen LogP) is 2.64. The van der Waals surface area contributed by atoms with Crippen LogP contribution in [-0.2, 0) is 0 Å². The lowest BCUT2D eigenvalue weighted by atomic mass is 9.72. The third-order valence-electron chi connectivity index (χ3n) is 4.63. The summed E-state index contributed by atoms with van der Waals surface area (Å²) in [4.78, 5) is 2.76. The Morgan fingerprint density at radius 2 is 1.94 bits per heavy atom. The molecule has 1 saturated carbocycles. The van der Waals surface area contributed by atoms with Crippen molar-refractivity contribution in [2.45, 2.75) is 65.0 Å². The molecule has 16 heavy (non-hydrogen) atoms. The van der Waals surface area contributed by atoms with E-state index in [0.717, 1.165) is 6.04 Å². The lowest BCUT2D eigenvalue weighted by Gasteiger charge is -2.45. The molecule has 2 nitrogen and oxygen atoms in total. The molecule has 94 valence electrons. The Morgan fingerprint density at radius 3 is 2.69 bits per heavy atom. The van der Waals surface area contributed by atoms with Crippen molar-refractivity contribution in [2.75, 3.05) is 19.6 Å². The molecule has 0 bridgehead atoms. The van der Waals surface area contributed by atoms with Crippen LogP contribution < -0.4 is 5.32 Å². The number of hydrogen-bond donors (Lipinski definition) is 1. The van der Waals surface area contributed by atoms with Crippen molar-refractivity contribution < 1.29 is 0 Å². The van der Waals surface area contributed by atoms with Crippen molar-refractivity contribution >= 4 is 0 Å². The molecule has 0 aromatic carbocycles. The van der Waals surface area contributed by atoms with E-state index < -0.39 is 0 Å². The maximum absolute atomic E-state index is 3.60. The van der Waals surface area contributed by atoms with Gasteiger partial charge < -0.3 is 5.32 Å². The molecule has 2 aliphatic rings. The Morgan fingerprint density at radius 1 is 1.12 bits per heavy atom. The van der Waals surface area contributed by atoms with Crippen molar-refractivity contribution in [3.63, 3.8) is 0 Å². The highest BCUT2D eigenvalue weighted by Gasteiger charge is 2.36. The average Bonchev–Trinajstić information content (AvgIpc) is 2.43. The van der Waals surface area contributed by atoms with E-state index in [1.54, 1.807) is 0 Å². The third-order valence-corrected chi connectivity index (χ3v) is 4.63. The van der Waals surface area contributed by atoms with Crippen LogP contribution in [0.1, 0.15) is 52.9 Å². The Bertz CT molecular complexity index is 225. The van der Waals surface area contributed by atoms with Crippen LogP contribution in [0.15, 0.2) is 0 Å². The smallest absolute Gasteiger partial charge is 0.0147 e. The molecule has 1 heterocycles. The molecule has 0 radical (unpaired) electrons. The Hall–Kier alpha value is -0.0800. The van der Waals surface area contributed by atoms with Gasteiger partial charge in [0.1, 0.15) is 0 Å². The number of rotatable bonds is 1. The highest BCUT2D eigenvalue weighted by atomic mass is 15.2. The first-order valence-electron chi connectivity index (χ1n) is 7.07. The molecule has 1 saturated heterocycles. The molecule has 2 fully saturated rings. The van der Waals surface area contributed by atoms with Gasteiger partial charge in [0.25, 0.3) is 0 Å². The molecule has 2 heteroatoms. The van der Waals surface area contributed by atoms with Gasteiger partial charge in [-0.3, -0.25) is 4.90 Å². The number of hydrogen-bond acceptors (Lipinski definition) is 2. The second-order valence-corrected chi connectivity index (χ2v) is 6.43. The van der Waals surface area contributed by atoms with Crippen LogP contribution in [0.25, 0.3) is 0 Å². The fourth-order valence-electron chi connectivity index (χ4n) is 3.49. The zero-order valence-electron chi connectivity index (χ0n) is 11.3. The SMILES string of the molecule is CC1CCN(C2CCCCC2(C)C)CCN1. The standard InChI is InChI=1S/C14H28N2/c1-12-7-10-16(11-9-15-12)13-6-4-5-8-14(13,2)3/h12-13,15H,4-11H2,1-3H3. The summed E-state index contributed by atoms with van der Waals surface area (Å²) in [5.74, 6) is 0. The van der Waals surface area contributed by atoms with E-state index in [1.165, 1.54) is 51.7 Å². The zero-order valence-corrected chi connectivity index (χ0v) is 11.3. The molecule has 1 N–H and O–H groups in total. The summed E-state index contributed by atoms with van der Waals surface area (Å²) in [6, 6.07) is 1.53. The molecule has 2 rings (SSSR count). The van der Waals surface area contributed by atoms with E-state index in [9.17, 15) is 0 Å². The largest absolute Gasteiger partial charge is 0.313 e. The first kappa shape index (κ1) is 12.4. The molecule has 0 amide bonds. The van der Waals surface area contributed by atoms with Crippen LogP contribution >= 0.6 is 0 Å². The van der Waals surface area contributed by atoms with Crippen molar-refractivity contribution in [3.8, 4) is 0 Å². The minimum Gasteiger partial charge on any atom is -0.313 e. The van der Waals surface area contributed by atoms with Crippen LogP contribution in [0.3, 0.4) is 0 Å². The molecule has 1 aliphatic carbocycles. The molecular formula is C14H28N2. The second-order valence-electron chi connectivity index (χ2n) is 6.43. The van der Waals surface area contributed by atoms with Crippen molar-refractivity contribution in [1.29, 1.82) is 0 Å². The van der Waals surface area contributed by atoms with Crippen LogP contribution in [0, 0.1) is 5.41 Å². The summed E-state index contributed by atoms with van der Waals surface area (Å²) in [5.41, 5.74) is 0.534. The highest BCUT2D eigenvalue weighted by molar-refractivity contribution is 4.91. The van der Waals surface area contributed by atoms with E-state index in [0.29, 0.717) is 11.5 Å². The van der Waals surface area contributed by atoms with Gasteiger partial charge in [-0.1, -0.05) is 26.7 Å². The van der Waals surface area contributed by atoms with Gasteiger partial charge in [0, 0.05) is 25.2 Å². The first-order chi connectivity index (χ1) is 7.59. The van der Waals surface area contributed by atoms with E-state index in [2.05, 4.69) is 31.0 Å². The second kappa shape index (κ2) is 5.05. The summed E-state index contributed by atoms with van der Waals surface area (Å²) >= 11 is 0. The van der Waals surface area contributed by atoms with Gasteiger partial charge in [-0.05, 0) is 38.1 Å². The van der Waals surface area contributed by atoms with Crippen molar-refractivity contribution in [1.82, 2.24) is 10.2 Å². The lowest BCUT2D eigenvalue weighted by Crippen LogP contribution is -2.48. The van der Waals surface area contributed by atoms with E-state index in [4.69, 9.17) is 0 Å². The van der Waals surface area contributed by atoms with Gasteiger partial charge in [-0.15, -0.1) is 0 Å². The summed E-state index contributed by atoms with van der Waals surface area (Å²) in [6.07, 6.45) is 7.02. The summed E-state index contributed by atoms with van der Waals surface area (Å²) in [7, 11) is 0. The fraction of sp³-hybridized carbons (Fsp3) is 1.00. The van der Waals surface area contributed by atoms with Crippen molar-refractivity contribution in [2.24, 2.45) is 5.41 Å². The maximum Gasteiger partial charge on any atom is 0.0147 e. The Kier molecular flexibility index (Phi) is 3.91. The molecule has 2 unspecified atom stereocenters. The van der Waals surface area contributed by atoms with E-state index in [-0.39, 0.29) is 0 Å².